The van der Waals surface area contributed by atoms with Gasteiger partial charge in [0.25, 0.3) is 0 Å². The largest absolute Gasteiger partial charge is 0.341 e. The van der Waals surface area contributed by atoms with Gasteiger partial charge in [-0.15, -0.1) is 0 Å². The van der Waals surface area contributed by atoms with Crippen molar-refractivity contribution in [3.63, 3.8) is 0 Å². The van der Waals surface area contributed by atoms with Gasteiger partial charge in [0.15, 0.2) is 0 Å². The zero-order valence-corrected chi connectivity index (χ0v) is 11.1. The van der Waals surface area contributed by atoms with Gasteiger partial charge < -0.3 is 15.5 Å². The van der Waals surface area contributed by atoms with Crippen LogP contribution in [0.15, 0.2) is 0 Å². The number of likely N-dealkylation sites (N-methyl/N-ethyl adjacent to an activating group) is 1. The van der Waals surface area contributed by atoms with E-state index in [1.54, 1.807) is 0 Å². The van der Waals surface area contributed by atoms with E-state index < -0.39 is 0 Å². The zero-order valence-electron chi connectivity index (χ0n) is 11.1. The molecule has 1 heterocycles. The van der Waals surface area contributed by atoms with E-state index in [-0.39, 0.29) is 23.4 Å². The van der Waals surface area contributed by atoms with Crippen molar-refractivity contribution in [1.29, 1.82) is 0 Å². The molecule has 0 radical (unpaired) electrons. The lowest BCUT2D eigenvalue weighted by molar-refractivity contribution is -0.136. The van der Waals surface area contributed by atoms with Crippen LogP contribution in [0.1, 0.15) is 27.7 Å². The fourth-order valence-electron chi connectivity index (χ4n) is 1.85. The van der Waals surface area contributed by atoms with E-state index in [1.165, 1.54) is 0 Å². The molecule has 2 N–H and O–H groups in total. The number of carbonyl (C=O) groups is 1. The first kappa shape index (κ1) is 13.5. The minimum absolute atomic E-state index is 0.0662. The van der Waals surface area contributed by atoms with Gasteiger partial charge in [-0.2, -0.15) is 0 Å². The molecule has 1 aliphatic heterocycles. The summed E-state index contributed by atoms with van der Waals surface area (Å²) < 4.78 is 0. The van der Waals surface area contributed by atoms with Crippen LogP contribution in [0, 0.1) is 5.41 Å². The molecule has 1 saturated heterocycles. The van der Waals surface area contributed by atoms with Crippen LogP contribution in [0.3, 0.4) is 0 Å². The molecule has 4 nitrogen and oxygen atoms in total. The van der Waals surface area contributed by atoms with Gasteiger partial charge in [0, 0.05) is 32.7 Å². The highest BCUT2D eigenvalue weighted by molar-refractivity contribution is 5.82. The number of nitrogens with one attached hydrogen (secondary N) is 2. The van der Waals surface area contributed by atoms with Crippen molar-refractivity contribution < 1.29 is 4.79 Å². The Kier molecular flexibility index (Phi) is 4.33. The summed E-state index contributed by atoms with van der Waals surface area (Å²) in [5, 5.41) is 6.49. The fraction of sp³-hybridized carbons (Fsp3) is 0.917. The average Bonchev–Trinajstić information content (AvgIpc) is 2.26. The van der Waals surface area contributed by atoms with Crippen LogP contribution >= 0.6 is 0 Å². The number of amides is 1. The molecule has 4 heteroatoms. The predicted octanol–water partition coefficient (Wildman–Crippen LogP) is 0.441. The first-order valence-electron chi connectivity index (χ1n) is 6.05. The smallest absolute Gasteiger partial charge is 0.241 e. The first-order chi connectivity index (χ1) is 7.34. The maximum atomic E-state index is 12.2. The monoisotopic (exact) mass is 227 g/mol. The standard InChI is InChI=1S/C12H25N3O/c1-9(12(2,3)4)15(5)11(16)10-8-13-6-7-14-10/h9-10,13-14H,6-8H2,1-5H3. The second-order valence-corrected chi connectivity index (χ2v) is 5.70. The van der Waals surface area contributed by atoms with Gasteiger partial charge >= 0.3 is 0 Å². The number of nitrogens with zero attached hydrogens (tertiary/aromatic N) is 1. The van der Waals surface area contributed by atoms with E-state index in [4.69, 9.17) is 0 Å². The van der Waals surface area contributed by atoms with E-state index in [9.17, 15) is 4.79 Å². The molecule has 1 rings (SSSR count). The molecule has 1 fully saturated rings. The molecule has 0 spiro atoms. The molecular weight excluding hydrogens is 202 g/mol. The highest BCUT2D eigenvalue weighted by Crippen LogP contribution is 2.23. The van der Waals surface area contributed by atoms with E-state index in [2.05, 4.69) is 38.3 Å². The summed E-state index contributed by atoms with van der Waals surface area (Å²) in [5.74, 6) is 0.189. The maximum absolute atomic E-state index is 12.2. The summed E-state index contributed by atoms with van der Waals surface area (Å²) in [6, 6.07) is 0.173. The van der Waals surface area contributed by atoms with E-state index in [0.29, 0.717) is 0 Å². The van der Waals surface area contributed by atoms with Crippen LogP contribution in [0.5, 0.6) is 0 Å². The molecule has 1 amide bonds. The van der Waals surface area contributed by atoms with Crippen molar-refractivity contribution in [3.05, 3.63) is 0 Å². The molecule has 0 aliphatic carbocycles. The van der Waals surface area contributed by atoms with Crippen LogP contribution < -0.4 is 10.6 Å². The number of rotatable bonds is 2. The van der Waals surface area contributed by atoms with Crippen molar-refractivity contribution in [2.75, 3.05) is 26.7 Å². The molecule has 1 aliphatic rings. The summed E-state index contributed by atoms with van der Waals surface area (Å²) in [7, 11) is 1.90. The minimum atomic E-state index is -0.0662. The van der Waals surface area contributed by atoms with Gasteiger partial charge in [0.05, 0.1) is 6.04 Å². The Labute approximate surface area is 98.8 Å². The van der Waals surface area contributed by atoms with E-state index in [0.717, 1.165) is 19.6 Å². The summed E-state index contributed by atoms with van der Waals surface area (Å²) >= 11 is 0. The highest BCUT2D eigenvalue weighted by Gasteiger charge is 2.31. The third kappa shape index (κ3) is 3.19. The second-order valence-electron chi connectivity index (χ2n) is 5.70. The highest BCUT2D eigenvalue weighted by atomic mass is 16.2. The molecule has 0 aromatic carbocycles. The van der Waals surface area contributed by atoms with Crippen LogP contribution in [-0.4, -0.2) is 49.6 Å². The van der Waals surface area contributed by atoms with Crippen molar-refractivity contribution in [3.8, 4) is 0 Å². The SMILES string of the molecule is CC(N(C)C(=O)C1CNCCN1)C(C)(C)C. The summed E-state index contributed by atoms with van der Waals surface area (Å²) in [5.41, 5.74) is 0.118. The average molecular weight is 227 g/mol. The molecule has 94 valence electrons. The minimum Gasteiger partial charge on any atom is -0.341 e. The third-order valence-electron chi connectivity index (χ3n) is 3.52. The first-order valence-corrected chi connectivity index (χ1v) is 6.05. The quantitative estimate of drug-likeness (QED) is 0.719. The van der Waals surface area contributed by atoms with E-state index >= 15 is 0 Å². The molecule has 0 saturated carbocycles. The number of hydrogen-bond acceptors (Lipinski definition) is 3. The Morgan fingerprint density at radius 3 is 2.44 bits per heavy atom. The summed E-state index contributed by atoms with van der Waals surface area (Å²) in [6.45, 7) is 11.1. The van der Waals surface area contributed by atoms with Crippen molar-refractivity contribution >= 4 is 5.91 Å². The molecule has 2 unspecified atom stereocenters. The Hall–Kier alpha value is -0.610. The van der Waals surface area contributed by atoms with Crippen LogP contribution in [0.4, 0.5) is 0 Å². The second kappa shape index (κ2) is 5.15. The maximum Gasteiger partial charge on any atom is 0.241 e. The Bertz CT molecular complexity index is 241. The van der Waals surface area contributed by atoms with Gasteiger partial charge in [0.1, 0.15) is 0 Å². The Morgan fingerprint density at radius 1 is 1.38 bits per heavy atom. The van der Waals surface area contributed by atoms with Crippen molar-refractivity contribution in [2.45, 2.75) is 39.8 Å². The molecule has 0 aromatic rings. The molecular formula is C12H25N3O. The topological polar surface area (TPSA) is 44.4 Å². The lowest BCUT2D eigenvalue weighted by Crippen LogP contribution is -2.58. The molecule has 0 aromatic heterocycles. The van der Waals surface area contributed by atoms with Crippen molar-refractivity contribution in [1.82, 2.24) is 15.5 Å². The van der Waals surface area contributed by atoms with Crippen LogP contribution in [-0.2, 0) is 4.79 Å². The van der Waals surface area contributed by atoms with Gasteiger partial charge in [-0.05, 0) is 12.3 Å². The molecule has 0 bridgehead atoms. The Morgan fingerprint density at radius 2 is 2.00 bits per heavy atom. The van der Waals surface area contributed by atoms with Gasteiger partial charge in [0.2, 0.25) is 5.91 Å². The van der Waals surface area contributed by atoms with Crippen molar-refractivity contribution in [2.24, 2.45) is 5.41 Å². The lowest BCUT2D eigenvalue weighted by Gasteiger charge is -2.38. The van der Waals surface area contributed by atoms with Gasteiger partial charge in [-0.25, -0.2) is 0 Å². The fourth-order valence-corrected chi connectivity index (χ4v) is 1.85. The Balaban J connectivity index is 2.58. The lowest BCUT2D eigenvalue weighted by atomic mass is 9.87. The molecule has 2 atom stereocenters. The summed E-state index contributed by atoms with van der Waals surface area (Å²) in [6.07, 6.45) is 0. The number of hydrogen-bond donors (Lipinski definition) is 2. The predicted molar refractivity (Wildman–Crippen MR) is 66.3 cm³/mol. The number of piperazine rings is 1. The van der Waals surface area contributed by atoms with Crippen LogP contribution in [0.25, 0.3) is 0 Å². The van der Waals surface area contributed by atoms with Gasteiger partial charge in [-0.1, -0.05) is 20.8 Å². The normalized spacial score (nSPS) is 23.9. The molecule has 16 heavy (non-hydrogen) atoms. The van der Waals surface area contributed by atoms with Crippen LogP contribution in [0.2, 0.25) is 0 Å². The number of carbonyl (C=O) groups excluding carboxylic acids is 1. The third-order valence-corrected chi connectivity index (χ3v) is 3.52. The van der Waals surface area contributed by atoms with E-state index in [1.807, 2.05) is 11.9 Å². The van der Waals surface area contributed by atoms with Gasteiger partial charge in [-0.3, -0.25) is 4.79 Å². The zero-order chi connectivity index (χ0) is 12.3. The summed E-state index contributed by atoms with van der Waals surface area (Å²) in [4.78, 5) is 14.1.